The standard InChI is InChI=1S/C27H16O/c1-3-7-19-16(5-1)9-11-21-23-15-25-22-12-10-17-6-2-4-8-20(17)27(22)28-26(25)14-18(23)13-24(19)21/h1-12,14-15H,13H2. The molecule has 0 radical (unpaired) electrons. The molecule has 0 saturated heterocycles. The van der Waals surface area contributed by atoms with Crippen LogP contribution in [-0.4, -0.2) is 0 Å². The minimum Gasteiger partial charge on any atom is -0.455 e. The average Bonchev–Trinajstić information content (AvgIpc) is 3.30. The van der Waals surface area contributed by atoms with Crippen LogP contribution in [0.2, 0.25) is 0 Å². The van der Waals surface area contributed by atoms with Crippen molar-refractivity contribution in [1.82, 2.24) is 0 Å². The molecule has 1 heteroatoms. The molecule has 0 bridgehead atoms. The highest BCUT2D eigenvalue weighted by Crippen LogP contribution is 2.44. The van der Waals surface area contributed by atoms with Gasteiger partial charge in [-0.3, -0.25) is 0 Å². The summed E-state index contributed by atoms with van der Waals surface area (Å²) >= 11 is 0. The Labute approximate surface area is 161 Å². The number of benzene rings is 5. The van der Waals surface area contributed by atoms with Gasteiger partial charge in [0.05, 0.1) is 0 Å². The van der Waals surface area contributed by atoms with Crippen molar-refractivity contribution in [2.45, 2.75) is 6.42 Å². The second-order valence-electron chi connectivity index (χ2n) is 7.76. The summed E-state index contributed by atoms with van der Waals surface area (Å²) in [6, 6.07) is 30.7. The van der Waals surface area contributed by atoms with E-state index in [1.54, 1.807) is 0 Å². The predicted molar refractivity (Wildman–Crippen MR) is 117 cm³/mol. The normalized spacial score (nSPS) is 12.9. The van der Waals surface area contributed by atoms with E-state index in [1.807, 2.05) is 0 Å². The van der Waals surface area contributed by atoms with Gasteiger partial charge in [-0.25, -0.2) is 0 Å². The van der Waals surface area contributed by atoms with Gasteiger partial charge in [0.1, 0.15) is 11.2 Å². The monoisotopic (exact) mass is 356 g/mol. The molecular weight excluding hydrogens is 340 g/mol. The van der Waals surface area contributed by atoms with Crippen molar-refractivity contribution < 1.29 is 4.42 Å². The molecule has 0 amide bonds. The summed E-state index contributed by atoms with van der Waals surface area (Å²) in [5, 5.41) is 7.49. The second kappa shape index (κ2) is 5.02. The van der Waals surface area contributed by atoms with E-state index in [4.69, 9.17) is 4.42 Å². The van der Waals surface area contributed by atoms with E-state index >= 15 is 0 Å². The third kappa shape index (κ3) is 1.76. The lowest BCUT2D eigenvalue weighted by molar-refractivity contribution is 0.672. The molecule has 28 heavy (non-hydrogen) atoms. The SMILES string of the molecule is c1ccc2c3c(ccc2c1)-c1cc2c(cc1C3)oc1c3ccccc3ccc21. The molecule has 0 N–H and O–H groups in total. The molecule has 1 aliphatic rings. The van der Waals surface area contributed by atoms with Crippen molar-refractivity contribution in [3.63, 3.8) is 0 Å². The number of furan rings is 1. The van der Waals surface area contributed by atoms with Crippen molar-refractivity contribution in [3.8, 4) is 11.1 Å². The minimum absolute atomic E-state index is 0.972. The van der Waals surface area contributed by atoms with E-state index in [0.29, 0.717) is 0 Å². The molecule has 1 nitrogen and oxygen atoms in total. The van der Waals surface area contributed by atoms with E-state index in [0.717, 1.165) is 17.6 Å². The van der Waals surface area contributed by atoms with Gasteiger partial charge < -0.3 is 4.42 Å². The van der Waals surface area contributed by atoms with Gasteiger partial charge in [-0.1, -0.05) is 66.7 Å². The molecule has 0 atom stereocenters. The van der Waals surface area contributed by atoms with Gasteiger partial charge in [0.25, 0.3) is 0 Å². The molecule has 0 fully saturated rings. The highest BCUT2D eigenvalue weighted by molar-refractivity contribution is 6.16. The largest absolute Gasteiger partial charge is 0.455 e. The Bertz CT molecular complexity index is 1580. The Kier molecular flexibility index (Phi) is 2.60. The molecule has 1 aromatic heterocycles. The fourth-order valence-corrected chi connectivity index (χ4v) is 4.96. The summed E-state index contributed by atoms with van der Waals surface area (Å²) < 4.78 is 6.38. The molecule has 0 saturated carbocycles. The first-order valence-electron chi connectivity index (χ1n) is 9.75. The fraction of sp³-hybridized carbons (Fsp3) is 0.0370. The molecule has 0 aliphatic heterocycles. The topological polar surface area (TPSA) is 13.1 Å². The molecule has 1 heterocycles. The number of fused-ring (bicyclic) bond motifs is 10. The highest BCUT2D eigenvalue weighted by Gasteiger charge is 2.23. The van der Waals surface area contributed by atoms with Crippen LogP contribution >= 0.6 is 0 Å². The molecule has 7 rings (SSSR count). The Morgan fingerprint density at radius 2 is 1.32 bits per heavy atom. The van der Waals surface area contributed by atoms with Crippen LogP contribution in [0.3, 0.4) is 0 Å². The Morgan fingerprint density at radius 1 is 0.571 bits per heavy atom. The molecule has 130 valence electrons. The molecular formula is C27H16O. The van der Waals surface area contributed by atoms with Crippen LogP contribution < -0.4 is 0 Å². The zero-order chi connectivity index (χ0) is 18.2. The van der Waals surface area contributed by atoms with Gasteiger partial charge >= 0.3 is 0 Å². The molecule has 5 aromatic carbocycles. The van der Waals surface area contributed by atoms with E-state index in [9.17, 15) is 0 Å². The van der Waals surface area contributed by atoms with Crippen molar-refractivity contribution >= 4 is 43.5 Å². The molecule has 1 aliphatic carbocycles. The summed E-state index contributed by atoms with van der Waals surface area (Å²) in [5.74, 6) is 0. The quantitative estimate of drug-likeness (QED) is 0.275. The third-order valence-corrected chi connectivity index (χ3v) is 6.29. The average molecular weight is 356 g/mol. The van der Waals surface area contributed by atoms with E-state index in [-0.39, 0.29) is 0 Å². The Morgan fingerprint density at radius 3 is 2.21 bits per heavy atom. The fourth-order valence-electron chi connectivity index (χ4n) is 4.96. The summed E-state index contributed by atoms with van der Waals surface area (Å²) in [5.41, 5.74) is 7.50. The number of hydrogen-bond acceptors (Lipinski definition) is 1. The minimum atomic E-state index is 0.972. The summed E-state index contributed by atoms with van der Waals surface area (Å²) in [7, 11) is 0. The summed E-state index contributed by atoms with van der Waals surface area (Å²) in [4.78, 5) is 0. The Hall–Kier alpha value is -3.58. The van der Waals surface area contributed by atoms with Crippen LogP contribution in [0.5, 0.6) is 0 Å². The first-order chi connectivity index (χ1) is 13.9. The van der Waals surface area contributed by atoms with Crippen LogP contribution in [-0.2, 0) is 6.42 Å². The van der Waals surface area contributed by atoms with Gasteiger partial charge in [0.2, 0.25) is 0 Å². The van der Waals surface area contributed by atoms with Gasteiger partial charge in [0, 0.05) is 16.2 Å². The molecule has 0 spiro atoms. The van der Waals surface area contributed by atoms with Gasteiger partial charge in [-0.05, 0) is 63.0 Å². The van der Waals surface area contributed by atoms with Crippen molar-refractivity contribution in [1.29, 1.82) is 0 Å². The highest BCUT2D eigenvalue weighted by atomic mass is 16.3. The van der Waals surface area contributed by atoms with Crippen molar-refractivity contribution in [2.75, 3.05) is 0 Å². The van der Waals surface area contributed by atoms with Gasteiger partial charge in [0.15, 0.2) is 0 Å². The summed E-state index contributed by atoms with van der Waals surface area (Å²) in [6.07, 6.45) is 0.972. The maximum Gasteiger partial charge on any atom is 0.143 e. The van der Waals surface area contributed by atoms with Crippen LogP contribution in [0.4, 0.5) is 0 Å². The zero-order valence-electron chi connectivity index (χ0n) is 15.2. The van der Waals surface area contributed by atoms with Crippen LogP contribution in [0.25, 0.3) is 54.6 Å². The number of rotatable bonds is 0. The lowest BCUT2D eigenvalue weighted by Crippen LogP contribution is -1.83. The van der Waals surface area contributed by atoms with Crippen molar-refractivity contribution in [2.24, 2.45) is 0 Å². The maximum atomic E-state index is 6.38. The first-order valence-corrected chi connectivity index (χ1v) is 9.75. The lowest BCUT2D eigenvalue weighted by atomic mass is 9.98. The lowest BCUT2D eigenvalue weighted by Gasteiger charge is -2.05. The summed E-state index contributed by atoms with van der Waals surface area (Å²) in [6.45, 7) is 0. The first kappa shape index (κ1) is 14.5. The predicted octanol–water partition coefficient (Wildman–Crippen LogP) is 7.46. The third-order valence-electron chi connectivity index (χ3n) is 6.29. The van der Waals surface area contributed by atoms with Gasteiger partial charge in [-0.2, -0.15) is 0 Å². The number of hydrogen-bond donors (Lipinski definition) is 0. The Balaban J connectivity index is 1.56. The van der Waals surface area contributed by atoms with Gasteiger partial charge in [-0.15, -0.1) is 0 Å². The van der Waals surface area contributed by atoms with Crippen LogP contribution in [0, 0.1) is 0 Å². The van der Waals surface area contributed by atoms with E-state index in [2.05, 4.69) is 84.9 Å². The van der Waals surface area contributed by atoms with Crippen LogP contribution in [0.15, 0.2) is 89.3 Å². The van der Waals surface area contributed by atoms with Crippen LogP contribution in [0.1, 0.15) is 11.1 Å². The second-order valence-corrected chi connectivity index (χ2v) is 7.76. The maximum absolute atomic E-state index is 6.38. The molecule has 6 aromatic rings. The molecule has 0 unspecified atom stereocenters. The van der Waals surface area contributed by atoms with Crippen molar-refractivity contribution in [3.05, 3.63) is 96.1 Å². The van der Waals surface area contributed by atoms with E-state index in [1.165, 1.54) is 54.6 Å². The smallest absolute Gasteiger partial charge is 0.143 e. The zero-order valence-corrected chi connectivity index (χ0v) is 15.2. The van der Waals surface area contributed by atoms with E-state index < -0.39 is 0 Å².